The van der Waals surface area contributed by atoms with Crippen LogP contribution in [0.2, 0.25) is 0 Å². The number of piperidine rings is 1. The van der Waals surface area contributed by atoms with Gasteiger partial charge in [-0.25, -0.2) is 0 Å². The van der Waals surface area contributed by atoms with Gasteiger partial charge in [-0.3, -0.25) is 9.59 Å². The predicted octanol–water partition coefficient (Wildman–Crippen LogP) is 2.82. The van der Waals surface area contributed by atoms with Gasteiger partial charge in [0.15, 0.2) is 0 Å². The number of carbonyl (C=O) groups is 2. The lowest BCUT2D eigenvalue weighted by molar-refractivity contribution is -0.126. The zero-order chi connectivity index (χ0) is 19.8. The van der Waals surface area contributed by atoms with Crippen molar-refractivity contribution in [1.82, 2.24) is 10.2 Å². The minimum absolute atomic E-state index is 0. The van der Waals surface area contributed by atoms with Gasteiger partial charge in [-0.05, 0) is 42.9 Å². The summed E-state index contributed by atoms with van der Waals surface area (Å²) in [4.78, 5) is 27.3. The van der Waals surface area contributed by atoms with Crippen LogP contribution in [0.5, 0.6) is 0 Å². The number of nitrogens with zero attached hydrogens (tertiary/aromatic N) is 1. The van der Waals surface area contributed by atoms with Crippen LogP contribution in [0.4, 0.5) is 0 Å². The average Bonchev–Trinajstić information content (AvgIpc) is 2.76. The van der Waals surface area contributed by atoms with E-state index in [9.17, 15) is 9.59 Å². The Morgan fingerprint density at radius 1 is 1.03 bits per heavy atom. The summed E-state index contributed by atoms with van der Waals surface area (Å²) in [6.45, 7) is 2.08. The molecule has 29 heavy (non-hydrogen) atoms. The number of likely N-dealkylation sites (tertiary alicyclic amines) is 1. The normalized spacial score (nSPS) is 16.0. The monoisotopic (exact) mass is 415 g/mol. The maximum atomic E-state index is 13.2. The van der Waals surface area contributed by atoms with Gasteiger partial charge in [-0.1, -0.05) is 48.5 Å². The first-order valence-electron chi connectivity index (χ1n) is 10.1. The number of benzene rings is 2. The first-order chi connectivity index (χ1) is 13.7. The quantitative estimate of drug-likeness (QED) is 0.730. The molecule has 3 N–H and O–H groups in total. The highest BCUT2D eigenvalue weighted by molar-refractivity contribution is 5.96. The number of amides is 2. The Hall–Kier alpha value is -2.37. The van der Waals surface area contributed by atoms with Crippen molar-refractivity contribution in [3.8, 4) is 0 Å². The molecular formula is C23H30ClN3O2. The van der Waals surface area contributed by atoms with Crippen LogP contribution in [0.1, 0.15) is 34.3 Å². The van der Waals surface area contributed by atoms with Crippen LogP contribution in [-0.2, 0) is 17.6 Å². The molecule has 3 rings (SSSR count). The topological polar surface area (TPSA) is 75.4 Å². The van der Waals surface area contributed by atoms with Gasteiger partial charge >= 0.3 is 0 Å². The number of carbonyl (C=O) groups excluding carboxylic acids is 2. The van der Waals surface area contributed by atoms with Crippen LogP contribution in [-0.4, -0.2) is 42.9 Å². The Kier molecular flexibility index (Phi) is 9.16. The van der Waals surface area contributed by atoms with Crippen LogP contribution in [0.25, 0.3) is 0 Å². The number of aryl methyl sites for hydroxylation is 2. The Labute approximate surface area is 179 Å². The number of hydrogen-bond acceptors (Lipinski definition) is 3. The van der Waals surface area contributed by atoms with Gasteiger partial charge in [0.25, 0.3) is 5.91 Å². The SMILES string of the molecule is Cl.NCCNC(=O)C1CCCN(C(=O)c2ccccc2CCc2ccccc2)C1. The molecule has 156 valence electrons. The Bertz CT molecular complexity index is 798. The van der Waals surface area contributed by atoms with Gasteiger partial charge < -0.3 is 16.0 Å². The molecule has 0 saturated carbocycles. The molecule has 1 aliphatic rings. The van der Waals surface area contributed by atoms with E-state index in [0.29, 0.717) is 26.2 Å². The molecule has 6 heteroatoms. The Morgan fingerprint density at radius 2 is 1.76 bits per heavy atom. The van der Waals surface area contributed by atoms with Gasteiger partial charge in [0, 0.05) is 31.7 Å². The Balaban J connectivity index is 0.00000300. The molecule has 1 aliphatic heterocycles. The van der Waals surface area contributed by atoms with Gasteiger partial charge in [0.1, 0.15) is 0 Å². The lowest BCUT2D eigenvalue weighted by Crippen LogP contribution is -2.46. The number of rotatable bonds is 7. The fourth-order valence-electron chi connectivity index (χ4n) is 3.76. The molecule has 1 fully saturated rings. The highest BCUT2D eigenvalue weighted by atomic mass is 35.5. The van der Waals surface area contributed by atoms with E-state index in [1.807, 2.05) is 47.4 Å². The van der Waals surface area contributed by atoms with Crippen molar-refractivity contribution in [1.29, 1.82) is 0 Å². The van der Waals surface area contributed by atoms with Crippen molar-refractivity contribution in [2.75, 3.05) is 26.2 Å². The van der Waals surface area contributed by atoms with Crippen molar-refractivity contribution in [2.45, 2.75) is 25.7 Å². The highest BCUT2D eigenvalue weighted by Crippen LogP contribution is 2.21. The van der Waals surface area contributed by atoms with Crippen molar-refractivity contribution in [3.63, 3.8) is 0 Å². The molecular weight excluding hydrogens is 386 g/mol. The van der Waals surface area contributed by atoms with E-state index in [2.05, 4.69) is 17.4 Å². The summed E-state index contributed by atoms with van der Waals surface area (Å²) in [6.07, 6.45) is 3.38. The van der Waals surface area contributed by atoms with Gasteiger partial charge in [-0.2, -0.15) is 0 Å². The molecule has 0 aliphatic carbocycles. The van der Waals surface area contributed by atoms with Crippen LogP contribution < -0.4 is 11.1 Å². The molecule has 0 radical (unpaired) electrons. The molecule has 0 bridgehead atoms. The van der Waals surface area contributed by atoms with Crippen LogP contribution in [0.15, 0.2) is 54.6 Å². The molecule has 0 aromatic heterocycles. The third-order valence-electron chi connectivity index (χ3n) is 5.30. The van der Waals surface area contributed by atoms with Crippen molar-refractivity contribution in [3.05, 3.63) is 71.3 Å². The second-order valence-corrected chi connectivity index (χ2v) is 7.31. The third-order valence-corrected chi connectivity index (χ3v) is 5.30. The van der Waals surface area contributed by atoms with Gasteiger partial charge in [0.05, 0.1) is 5.92 Å². The van der Waals surface area contributed by atoms with E-state index in [1.165, 1.54) is 5.56 Å². The summed E-state index contributed by atoms with van der Waals surface area (Å²) in [7, 11) is 0. The molecule has 2 aromatic carbocycles. The van der Waals surface area contributed by atoms with Crippen LogP contribution >= 0.6 is 12.4 Å². The lowest BCUT2D eigenvalue weighted by Gasteiger charge is -2.32. The predicted molar refractivity (Wildman–Crippen MR) is 118 cm³/mol. The van der Waals surface area contributed by atoms with Crippen molar-refractivity contribution in [2.24, 2.45) is 11.7 Å². The number of nitrogens with two attached hydrogens (primary N) is 1. The number of hydrogen-bond donors (Lipinski definition) is 2. The van der Waals surface area contributed by atoms with Crippen LogP contribution in [0.3, 0.4) is 0 Å². The van der Waals surface area contributed by atoms with Gasteiger partial charge in [-0.15, -0.1) is 12.4 Å². The van der Waals surface area contributed by atoms with E-state index in [4.69, 9.17) is 5.73 Å². The maximum Gasteiger partial charge on any atom is 0.254 e. The highest BCUT2D eigenvalue weighted by Gasteiger charge is 2.29. The second-order valence-electron chi connectivity index (χ2n) is 7.31. The zero-order valence-corrected chi connectivity index (χ0v) is 17.5. The third kappa shape index (κ3) is 6.31. The number of halogens is 1. The summed E-state index contributed by atoms with van der Waals surface area (Å²) < 4.78 is 0. The Morgan fingerprint density at radius 3 is 2.52 bits per heavy atom. The summed E-state index contributed by atoms with van der Waals surface area (Å²) in [6, 6.07) is 18.1. The average molecular weight is 416 g/mol. The molecule has 5 nitrogen and oxygen atoms in total. The first kappa shape index (κ1) is 22.9. The second kappa shape index (κ2) is 11.6. The van der Waals surface area contributed by atoms with Gasteiger partial charge in [0.2, 0.25) is 5.91 Å². The molecule has 1 heterocycles. The molecule has 1 unspecified atom stereocenters. The summed E-state index contributed by atoms with van der Waals surface area (Å²) in [5.41, 5.74) is 8.54. The van der Waals surface area contributed by atoms with E-state index in [1.54, 1.807) is 0 Å². The molecule has 0 spiro atoms. The molecule has 1 saturated heterocycles. The standard InChI is InChI=1S/C23H29N3O2.ClH/c24-14-15-25-22(27)20-10-6-16-26(17-20)23(28)21-11-5-4-9-19(21)13-12-18-7-2-1-3-8-18;/h1-5,7-9,11,20H,6,10,12-17,24H2,(H,25,27);1H. The minimum atomic E-state index is -0.152. The molecule has 2 amide bonds. The zero-order valence-electron chi connectivity index (χ0n) is 16.7. The van der Waals surface area contributed by atoms with E-state index >= 15 is 0 Å². The largest absolute Gasteiger partial charge is 0.355 e. The van der Waals surface area contributed by atoms with Crippen molar-refractivity contribution < 1.29 is 9.59 Å². The molecule has 2 aromatic rings. The maximum absolute atomic E-state index is 13.2. The smallest absolute Gasteiger partial charge is 0.254 e. The lowest BCUT2D eigenvalue weighted by atomic mass is 9.94. The van der Waals surface area contributed by atoms with E-state index in [-0.39, 0.29) is 30.1 Å². The van der Waals surface area contributed by atoms with Crippen LogP contribution in [0, 0.1) is 5.92 Å². The number of nitrogens with one attached hydrogen (secondary N) is 1. The summed E-state index contributed by atoms with van der Waals surface area (Å²) in [5.74, 6) is -0.124. The fourth-order valence-corrected chi connectivity index (χ4v) is 3.76. The molecule has 1 atom stereocenters. The fraction of sp³-hybridized carbons (Fsp3) is 0.391. The van der Waals surface area contributed by atoms with Crippen molar-refractivity contribution >= 4 is 24.2 Å². The van der Waals surface area contributed by atoms with E-state index < -0.39 is 0 Å². The van der Waals surface area contributed by atoms with E-state index in [0.717, 1.165) is 36.8 Å². The minimum Gasteiger partial charge on any atom is -0.355 e. The first-order valence-corrected chi connectivity index (χ1v) is 10.1. The summed E-state index contributed by atoms with van der Waals surface area (Å²) >= 11 is 0. The summed E-state index contributed by atoms with van der Waals surface area (Å²) in [5, 5.41) is 2.85.